The standard InChI is InChI=1S/C28H45N3O2/c1-3-5-6-7-8-9-10-11-12-13-14-15-16-18-24-19-17-20-25(23-24)33-26(4-2)27(32)31-28-29-21-22-30-28/h17,19-23,26H,3-16,18H2,1-2H3,(H2,29,30,31,32). The molecule has 1 amide bonds. The van der Waals surface area contributed by atoms with Crippen LogP contribution >= 0.6 is 0 Å². The lowest BCUT2D eigenvalue weighted by atomic mass is 10.0. The fourth-order valence-corrected chi connectivity index (χ4v) is 4.14. The zero-order valence-corrected chi connectivity index (χ0v) is 20.9. The highest BCUT2D eigenvalue weighted by atomic mass is 16.5. The summed E-state index contributed by atoms with van der Waals surface area (Å²) < 4.78 is 5.98. The Labute approximate surface area is 201 Å². The van der Waals surface area contributed by atoms with Gasteiger partial charge in [-0.25, -0.2) is 4.98 Å². The number of benzene rings is 1. The van der Waals surface area contributed by atoms with Crippen molar-refractivity contribution in [2.24, 2.45) is 0 Å². The lowest BCUT2D eigenvalue weighted by molar-refractivity contribution is -0.122. The van der Waals surface area contributed by atoms with Crippen LogP contribution < -0.4 is 10.1 Å². The van der Waals surface area contributed by atoms with E-state index in [4.69, 9.17) is 4.74 Å². The molecule has 5 nitrogen and oxygen atoms in total. The summed E-state index contributed by atoms with van der Waals surface area (Å²) >= 11 is 0. The van der Waals surface area contributed by atoms with Crippen LogP contribution in [0.3, 0.4) is 0 Å². The topological polar surface area (TPSA) is 67.0 Å². The van der Waals surface area contributed by atoms with Gasteiger partial charge in [-0.15, -0.1) is 0 Å². The number of aromatic amines is 1. The number of aromatic nitrogens is 2. The van der Waals surface area contributed by atoms with Crippen LogP contribution in [0.15, 0.2) is 36.7 Å². The van der Waals surface area contributed by atoms with E-state index < -0.39 is 6.10 Å². The second-order valence-electron chi connectivity index (χ2n) is 9.08. The largest absolute Gasteiger partial charge is 0.481 e. The van der Waals surface area contributed by atoms with Gasteiger partial charge >= 0.3 is 0 Å². The molecule has 5 heteroatoms. The Morgan fingerprint density at radius 3 is 2.15 bits per heavy atom. The van der Waals surface area contributed by atoms with Gasteiger partial charge in [-0.3, -0.25) is 10.1 Å². The molecule has 0 spiro atoms. The minimum absolute atomic E-state index is 0.186. The van der Waals surface area contributed by atoms with E-state index in [2.05, 4.69) is 34.3 Å². The van der Waals surface area contributed by atoms with Crippen molar-refractivity contribution in [1.29, 1.82) is 0 Å². The van der Waals surface area contributed by atoms with Gasteiger partial charge in [-0.1, -0.05) is 103 Å². The van der Waals surface area contributed by atoms with E-state index in [9.17, 15) is 4.79 Å². The Kier molecular flexibility index (Phi) is 14.1. The summed E-state index contributed by atoms with van der Waals surface area (Å²) in [6, 6.07) is 8.17. The number of hydrogen-bond acceptors (Lipinski definition) is 3. The van der Waals surface area contributed by atoms with Gasteiger partial charge in [0.2, 0.25) is 5.95 Å². The summed E-state index contributed by atoms with van der Waals surface area (Å²) in [6.45, 7) is 4.23. The van der Waals surface area contributed by atoms with Gasteiger partial charge in [-0.05, 0) is 37.0 Å². The first-order valence-corrected chi connectivity index (χ1v) is 13.3. The number of carbonyl (C=O) groups is 1. The predicted molar refractivity (Wildman–Crippen MR) is 138 cm³/mol. The monoisotopic (exact) mass is 455 g/mol. The number of H-pyrrole nitrogens is 1. The summed E-state index contributed by atoms with van der Waals surface area (Å²) in [6.07, 6.45) is 22.2. The third-order valence-corrected chi connectivity index (χ3v) is 6.15. The average Bonchev–Trinajstić information content (AvgIpc) is 3.33. The zero-order valence-electron chi connectivity index (χ0n) is 20.9. The van der Waals surface area contributed by atoms with Crippen molar-refractivity contribution >= 4 is 11.9 Å². The minimum atomic E-state index is -0.540. The Hall–Kier alpha value is -2.30. The van der Waals surface area contributed by atoms with Gasteiger partial charge in [0.05, 0.1) is 0 Å². The summed E-state index contributed by atoms with van der Waals surface area (Å²) in [5, 5.41) is 2.76. The van der Waals surface area contributed by atoms with Gasteiger partial charge < -0.3 is 9.72 Å². The molecule has 0 aliphatic heterocycles. The van der Waals surface area contributed by atoms with Crippen molar-refractivity contribution in [2.75, 3.05) is 5.32 Å². The maximum Gasteiger partial charge on any atom is 0.267 e. The number of imidazole rings is 1. The molecule has 1 atom stereocenters. The average molecular weight is 456 g/mol. The smallest absolute Gasteiger partial charge is 0.267 e. The molecule has 0 fully saturated rings. The first-order chi connectivity index (χ1) is 16.2. The SMILES string of the molecule is CCCCCCCCCCCCCCCc1cccc(OC(CC)C(=O)Nc2ncc[nH]2)c1. The number of unbranched alkanes of at least 4 members (excludes halogenated alkanes) is 12. The lowest BCUT2D eigenvalue weighted by Gasteiger charge is -2.17. The van der Waals surface area contributed by atoms with E-state index in [0.717, 1.165) is 12.2 Å². The fraction of sp³-hybridized carbons (Fsp3) is 0.643. The number of aryl methyl sites for hydroxylation is 1. The van der Waals surface area contributed by atoms with Gasteiger partial charge in [0.25, 0.3) is 5.91 Å². The Morgan fingerprint density at radius 2 is 1.58 bits per heavy atom. The zero-order chi connectivity index (χ0) is 23.6. The highest BCUT2D eigenvalue weighted by Gasteiger charge is 2.19. The number of amides is 1. The van der Waals surface area contributed by atoms with E-state index in [1.807, 2.05) is 19.1 Å². The minimum Gasteiger partial charge on any atom is -0.481 e. The molecule has 0 saturated heterocycles. The van der Waals surface area contributed by atoms with Crippen molar-refractivity contribution in [3.05, 3.63) is 42.2 Å². The molecule has 1 aromatic heterocycles. The Bertz CT molecular complexity index is 745. The van der Waals surface area contributed by atoms with Crippen LogP contribution in [0.25, 0.3) is 0 Å². The highest BCUT2D eigenvalue weighted by molar-refractivity contribution is 5.92. The molecular weight excluding hydrogens is 410 g/mol. The first kappa shape index (κ1) is 26.9. The number of nitrogens with one attached hydrogen (secondary N) is 2. The van der Waals surface area contributed by atoms with Crippen LogP contribution in [0.2, 0.25) is 0 Å². The Balaban J connectivity index is 1.56. The molecule has 0 aliphatic rings. The van der Waals surface area contributed by atoms with Crippen molar-refractivity contribution in [2.45, 2.75) is 116 Å². The van der Waals surface area contributed by atoms with E-state index in [-0.39, 0.29) is 5.91 Å². The Morgan fingerprint density at radius 1 is 0.939 bits per heavy atom. The third kappa shape index (κ3) is 11.9. The molecule has 0 aliphatic carbocycles. The van der Waals surface area contributed by atoms with Gasteiger partial charge in [0, 0.05) is 12.4 Å². The van der Waals surface area contributed by atoms with Gasteiger partial charge in [0.1, 0.15) is 5.75 Å². The van der Waals surface area contributed by atoms with E-state index in [0.29, 0.717) is 12.4 Å². The summed E-state index contributed by atoms with van der Waals surface area (Å²) in [4.78, 5) is 19.4. The molecule has 2 aromatic rings. The van der Waals surface area contributed by atoms with Crippen LogP contribution in [0, 0.1) is 0 Å². The molecule has 2 rings (SSSR count). The molecule has 1 heterocycles. The molecule has 1 aromatic carbocycles. The number of rotatable bonds is 19. The van der Waals surface area contributed by atoms with E-state index >= 15 is 0 Å². The second kappa shape index (κ2) is 17.2. The number of anilines is 1. The maximum absolute atomic E-state index is 12.4. The van der Waals surface area contributed by atoms with Gasteiger partial charge in [-0.2, -0.15) is 0 Å². The lowest BCUT2D eigenvalue weighted by Crippen LogP contribution is -2.32. The molecule has 0 bridgehead atoms. The third-order valence-electron chi connectivity index (χ3n) is 6.15. The molecule has 0 radical (unpaired) electrons. The van der Waals surface area contributed by atoms with Crippen LogP contribution in [-0.4, -0.2) is 22.0 Å². The first-order valence-electron chi connectivity index (χ1n) is 13.3. The summed E-state index contributed by atoms with van der Waals surface area (Å²) in [7, 11) is 0. The number of hydrogen-bond donors (Lipinski definition) is 2. The van der Waals surface area contributed by atoms with Gasteiger partial charge in [0.15, 0.2) is 6.10 Å². The van der Waals surface area contributed by atoms with E-state index in [1.54, 1.807) is 12.4 Å². The number of carbonyl (C=O) groups excluding carboxylic acids is 1. The fourth-order valence-electron chi connectivity index (χ4n) is 4.14. The van der Waals surface area contributed by atoms with Crippen LogP contribution in [-0.2, 0) is 11.2 Å². The van der Waals surface area contributed by atoms with Crippen molar-refractivity contribution in [3.8, 4) is 5.75 Å². The van der Waals surface area contributed by atoms with Crippen LogP contribution in [0.4, 0.5) is 5.95 Å². The molecule has 1 unspecified atom stereocenters. The van der Waals surface area contributed by atoms with Crippen LogP contribution in [0.5, 0.6) is 5.75 Å². The van der Waals surface area contributed by atoms with Crippen molar-refractivity contribution < 1.29 is 9.53 Å². The van der Waals surface area contributed by atoms with Crippen LogP contribution in [0.1, 0.15) is 109 Å². The maximum atomic E-state index is 12.4. The number of ether oxygens (including phenoxy) is 1. The summed E-state index contributed by atoms with van der Waals surface area (Å²) in [5.74, 6) is 1.01. The number of nitrogens with zero attached hydrogens (tertiary/aromatic N) is 1. The molecule has 0 saturated carbocycles. The molecule has 184 valence electrons. The molecule has 33 heavy (non-hydrogen) atoms. The second-order valence-corrected chi connectivity index (χ2v) is 9.08. The molecular formula is C28H45N3O2. The van der Waals surface area contributed by atoms with Crippen molar-refractivity contribution in [3.63, 3.8) is 0 Å². The summed E-state index contributed by atoms with van der Waals surface area (Å²) in [5.41, 5.74) is 1.27. The van der Waals surface area contributed by atoms with Crippen molar-refractivity contribution in [1.82, 2.24) is 9.97 Å². The molecule has 2 N–H and O–H groups in total. The predicted octanol–water partition coefficient (Wildman–Crippen LogP) is 7.84. The quantitative estimate of drug-likeness (QED) is 0.212. The van der Waals surface area contributed by atoms with E-state index in [1.165, 1.54) is 89.0 Å². The normalized spacial score (nSPS) is 11.9. The highest BCUT2D eigenvalue weighted by Crippen LogP contribution is 2.19.